The Morgan fingerprint density at radius 1 is 0.788 bits per heavy atom. The van der Waals surface area contributed by atoms with Crippen LogP contribution in [0.2, 0.25) is 0 Å². The molecule has 0 spiro atoms. The lowest BCUT2D eigenvalue weighted by molar-refractivity contribution is 0.0954. The highest BCUT2D eigenvalue weighted by Crippen LogP contribution is 2.22. The SMILES string of the molecule is CN(C)c1ccc(/C=N/NC(=O)c2ccc(NC(=O)c3ccc(C(C)(C)C)cc3)cc2)cc1. The minimum absolute atomic E-state index is 0.0339. The van der Waals surface area contributed by atoms with E-state index in [2.05, 4.69) is 36.6 Å². The third kappa shape index (κ3) is 6.53. The largest absolute Gasteiger partial charge is 0.378 e. The first-order chi connectivity index (χ1) is 15.6. The number of carbonyl (C=O) groups is 2. The van der Waals surface area contributed by atoms with Gasteiger partial charge in [0.15, 0.2) is 0 Å². The van der Waals surface area contributed by atoms with Gasteiger partial charge in [-0.1, -0.05) is 45.0 Å². The van der Waals surface area contributed by atoms with Crippen LogP contribution in [0.25, 0.3) is 0 Å². The first-order valence-corrected chi connectivity index (χ1v) is 10.8. The van der Waals surface area contributed by atoms with E-state index in [1.165, 1.54) is 5.56 Å². The molecule has 3 aromatic carbocycles. The van der Waals surface area contributed by atoms with E-state index < -0.39 is 0 Å². The molecular formula is C27H30N4O2. The van der Waals surface area contributed by atoms with Crippen molar-refractivity contribution in [3.63, 3.8) is 0 Å². The summed E-state index contributed by atoms with van der Waals surface area (Å²) in [7, 11) is 3.95. The molecule has 0 unspecified atom stereocenters. The van der Waals surface area contributed by atoms with Gasteiger partial charge in [-0.15, -0.1) is 0 Å². The molecule has 0 saturated heterocycles. The molecule has 0 radical (unpaired) electrons. The Hall–Kier alpha value is -3.93. The van der Waals surface area contributed by atoms with Crippen molar-refractivity contribution in [3.05, 3.63) is 95.1 Å². The summed E-state index contributed by atoms with van der Waals surface area (Å²) in [5.41, 5.74) is 7.34. The zero-order valence-corrected chi connectivity index (χ0v) is 19.7. The zero-order chi connectivity index (χ0) is 24.0. The normalized spacial score (nSPS) is 11.3. The molecule has 0 atom stereocenters. The minimum atomic E-state index is -0.327. The van der Waals surface area contributed by atoms with E-state index in [0.29, 0.717) is 16.8 Å². The van der Waals surface area contributed by atoms with Crippen LogP contribution in [0.5, 0.6) is 0 Å². The fourth-order valence-corrected chi connectivity index (χ4v) is 3.12. The Balaban J connectivity index is 1.55. The molecule has 0 aliphatic heterocycles. The van der Waals surface area contributed by atoms with Crippen LogP contribution in [0.4, 0.5) is 11.4 Å². The fourth-order valence-electron chi connectivity index (χ4n) is 3.12. The van der Waals surface area contributed by atoms with Crippen LogP contribution in [0.15, 0.2) is 77.9 Å². The number of carbonyl (C=O) groups excluding carboxylic acids is 2. The molecule has 0 aliphatic rings. The number of hydrazone groups is 1. The van der Waals surface area contributed by atoms with Crippen LogP contribution < -0.4 is 15.6 Å². The van der Waals surface area contributed by atoms with Crippen molar-refractivity contribution in [1.29, 1.82) is 0 Å². The highest BCUT2D eigenvalue weighted by Gasteiger charge is 2.14. The molecule has 2 amide bonds. The third-order valence-corrected chi connectivity index (χ3v) is 5.21. The lowest BCUT2D eigenvalue weighted by Gasteiger charge is -2.19. The molecule has 0 heterocycles. The van der Waals surface area contributed by atoms with Gasteiger partial charge in [0.2, 0.25) is 0 Å². The van der Waals surface area contributed by atoms with Crippen molar-refractivity contribution in [2.75, 3.05) is 24.3 Å². The standard InChI is InChI=1S/C27H30N4O2/c1-27(2,3)22-12-8-20(9-13-22)25(32)29-23-14-10-21(11-15-23)26(33)30-28-18-19-6-16-24(17-7-19)31(4)5/h6-18H,1-5H3,(H,29,32)(H,30,33)/b28-18+. The molecule has 3 rings (SSSR count). The molecule has 0 aromatic heterocycles. The molecule has 0 fully saturated rings. The monoisotopic (exact) mass is 442 g/mol. The topological polar surface area (TPSA) is 73.8 Å². The Morgan fingerprint density at radius 3 is 1.88 bits per heavy atom. The van der Waals surface area contributed by atoms with Crippen molar-refractivity contribution in [2.24, 2.45) is 5.10 Å². The van der Waals surface area contributed by atoms with Crippen molar-refractivity contribution in [3.8, 4) is 0 Å². The number of amides is 2. The van der Waals surface area contributed by atoms with E-state index in [4.69, 9.17) is 0 Å². The van der Waals surface area contributed by atoms with Crippen molar-refractivity contribution < 1.29 is 9.59 Å². The second-order valence-electron chi connectivity index (χ2n) is 9.04. The van der Waals surface area contributed by atoms with Crippen LogP contribution in [0.3, 0.4) is 0 Å². The summed E-state index contributed by atoms with van der Waals surface area (Å²) in [5.74, 6) is -0.524. The summed E-state index contributed by atoms with van der Waals surface area (Å²) in [6.07, 6.45) is 1.59. The average Bonchev–Trinajstić information content (AvgIpc) is 2.79. The van der Waals surface area contributed by atoms with Gasteiger partial charge in [0, 0.05) is 36.6 Å². The van der Waals surface area contributed by atoms with Gasteiger partial charge in [0.25, 0.3) is 11.8 Å². The van der Waals surface area contributed by atoms with Gasteiger partial charge in [-0.25, -0.2) is 5.43 Å². The van der Waals surface area contributed by atoms with E-state index >= 15 is 0 Å². The molecule has 2 N–H and O–H groups in total. The van der Waals surface area contributed by atoms with Crippen molar-refractivity contribution in [2.45, 2.75) is 26.2 Å². The molecule has 3 aromatic rings. The maximum atomic E-state index is 12.5. The van der Waals surface area contributed by atoms with E-state index in [9.17, 15) is 9.59 Å². The highest BCUT2D eigenvalue weighted by atomic mass is 16.2. The summed E-state index contributed by atoms with van der Waals surface area (Å²) in [5, 5.41) is 6.88. The van der Waals surface area contributed by atoms with Gasteiger partial charge in [0.05, 0.1) is 6.21 Å². The number of nitrogens with one attached hydrogen (secondary N) is 2. The Morgan fingerprint density at radius 2 is 1.33 bits per heavy atom. The lowest BCUT2D eigenvalue weighted by atomic mass is 9.87. The predicted octanol–water partition coefficient (Wildman–Crippen LogP) is 5.07. The van der Waals surface area contributed by atoms with Gasteiger partial charge >= 0.3 is 0 Å². The maximum absolute atomic E-state index is 12.5. The number of hydrogen-bond acceptors (Lipinski definition) is 4. The highest BCUT2D eigenvalue weighted by molar-refractivity contribution is 6.04. The summed E-state index contributed by atoms with van der Waals surface area (Å²) in [6.45, 7) is 6.40. The number of hydrogen-bond donors (Lipinski definition) is 2. The quantitative estimate of drug-likeness (QED) is 0.414. The van der Waals surface area contributed by atoms with Crippen LogP contribution in [-0.2, 0) is 5.41 Å². The van der Waals surface area contributed by atoms with E-state index in [1.54, 1.807) is 30.5 Å². The summed E-state index contributed by atoms with van der Waals surface area (Å²) in [6, 6.07) is 22.1. The fraction of sp³-hybridized carbons (Fsp3) is 0.222. The first-order valence-electron chi connectivity index (χ1n) is 10.8. The predicted molar refractivity (Wildman–Crippen MR) is 135 cm³/mol. The maximum Gasteiger partial charge on any atom is 0.271 e. The smallest absolute Gasteiger partial charge is 0.271 e. The Kier molecular flexibility index (Phi) is 7.28. The molecular weight excluding hydrogens is 412 g/mol. The average molecular weight is 443 g/mol. The number of anilines is 2. The number of nitrogens with zero attached hydrogens (tertiary/aromatic N) is 2. The minimum Gasteiger partial charge on any atom is -0.378 e. The van der Waals surface area contributed by atoms with Crippen LogP contribution in [0, 0.1) is 0 Å². The zero-order valence-electron chi connectivity index (χ0n) is 19.7. The molecule has 33 heavy (non-hydrogen) atoms. The lowest BCUT2D eigenvalue weighted by Crippen LogP contribution is -2.18. The second-order valence-corrected chi connectivity index (χ2v) is 9.04. The molecule has 6 nitrogen and oxygen atoms in total. The number of benzene rings is 3. The van der Waals surface area contributed by atoms with Crippen molar-refractivity contribution in [1.82, 2.24) is 5.43 Å². The van der Waals surface area contributed by atoms with E-state index in [-0.39, 0.29) is 17.2 Å². The van der Waals surface area contributed by atoms with Crippen LogP contribution in [-0.4, -0.2) is 32.1 Å². The van der Waals surface area contributed by atoms with Gasteiger partial charge < -0.3 is 10.2 Å². The van der Waals surface area contributed by atoms with Gasteiger partial charge in [0.1, 0.15) is 0 Å². The van der Waals surface area contributed by atoms with Gasteiger partial charge in [-0.05, 0) is 65.1 Å². The molecule has 6 heteroatoms. The third-order valence-electron chi connectivity index (χ3n) is 5.21. The van der Waals surface area contributed by atoms with E-state index in [1.807, 2.05) is 67.5 Å². The molecule has 0 aliphatic carbocycles. The first kappa shape index (κ1) is 23.7. The second kappa shape index (κ2) is 10.1. The summed E-state index contributed by atoms with van der Waals surface area (Å²) in [4.78, 5) is 26.9. The van der Waals surface area contributed by atoms with Crippen molar-refractivity contribution >= 4 is 29.4 Å². The van der Waals surface area contributed by atoms with Gasteiger partial charge in [-0.2, -0.15) is 5.10 Å². The Labute approximate surface area is 195 Å². The van der Waals surface area contributed by atoms with Crippen LogP contribution >= 0.6 is 0 Å². The summed E-state index contributed by atoms with van der Waals surface area (Å²) >= 11 is 0. The van der Waals surface area contributed by atoms with E-state index in [0.717, 1.165) is 11.3 Å². The molecule has 170 valence electrons. The number of rotatable bonds is 6. The van der Waals surface area contributed by atoms with Crippen LogP contribution in [0.1, 0.15) is 52.6 Å². The Bertz CT molecular complexity index is 1120. The molecule has 0 bridgehead atoms. The molecule has 0 saturated carbocycles. The summed E-state index contributed by atoms with van der Waals surface area (Å²) < 4.78 is 0. The van der Waals surface area contributed by atoms with Gasteiger partial charge in [-0.3, -0.25) is 9.59 Å².